The third kappa shape index (κ3) is 5.66. The number of hydrogen-bond donors (Lipinski definition) is 1. The molecule has 0 saturated heterocycles. The second-order valence-corrected chi connectivity index (χ2v) is 10.8. The first kappa shape index (κ1) is 25.2. The SMILES string of the molecule is Cc1ccc([C@@H](C)NC(=O)c2ccc(CN(c3ccccc3)S(=O)(=O)c3ccccc3)cc2)c(C)c1. The number of para-hydroxylation sites is 1. The van der Waals surface area contributed by atoms with Gasteiger partial charge in [-0.25, -0.2) is 8.42 Å². The van der Waals surface area contributed by atoms with Gasteiger partial charge in [0, 0.05) is 5.56 Å². The van der Waals surface area contributed by atoms with Crippen LogP contribution in [0.3, 0.4) is 0 Å². The quantitative estimate of drug-likeness (QED) is 0.315. The lowest BCUT2D eigenvalue weighted by molar-refractivity contribution is 0.0940. The predicted molar refractivity (Wildman–Crippen MR) is 144 cm³/mol. The molecule has 0 aromatic heterocycles. The standard InChI is InChI=1S/C30H30N2O3S/c1-22-14-19-29(23(2)20-22)24(3)31-30(33)26-17-15-25(16-18-26)21-32(27-10-6-4-7-11-27)36(34,35)28-12-8-5-9-13-28/h4-20,24H,21H2,1-3H3,(H,31,33)/t24-/m1/s1. The molecular formula is C30H30N2O3S. The fraction of sp³-hybridized carbons (Fsp3) is 0.167. The number of nitrogens with one attached hydrogen (secondary N) is 1. The predicted octanol–water partition coefficient (Wildman–Crippen LogP) is 6.19. The van der Waals surface area contributed by atoms with Crippen LogP contribution in [0.25, 0.3) is 0 Å². The molecule has 0 aliphatic carbocycles. The highest BCUT2D eigenvalue weighted by Gasteiger charge is 2.25. The Balaban J connectivity index is 1.53. The highest BCUT2D eigenvalue weighted by atomic mass is 32.2. The Hall–Kier alpha value is -3.90. The van der Waals surface area contributed by atoms with Gasteiger partial charge in [-0.15, -0.1) is 0 Å². The van der Waals surface area contributed by atoms with Crippen LogP contribution in [-0.2, 0) is 16.6 Å². The van der Waals surface area contributed by atoms with Crippen molar-refractivity contribution in [1.82, 2.24) is 5.32 Å². The molecular weight excluding hydrogens is 468 g/mol. The second-order valence-electron chi connectivity index (χ2n) is 8.91. The van der Waals surface area contributed by atoms with E-state index in [1.165, 1.54) is 9.87 Å². The number of benzene rings is 4. The van der Waals surface area contributed by atoms with Gasteiger partial charge >= 0.3 is 0 Å². The van der Waals surface area contributed by atoms with Gasteiger partial charge in [0.05, 0.1) is 23.2 Å². The van der Waals surface area contributed by atoms with Gasteiger partial charge in [0.15, 0.2) is 0 Å². The lowest BCUT2D eigenvalue weighted by atomic mass is 10.00. The molecule has 0 unspecified atom stereocenters. The summed E-state index contributed by atoms with van der Waals surface area (Å²) in [6.07, 6.45) is 0. The first-order valence-electron chi connectivity index (χ1n) is 11.9. The number of anilines is 1. The number of carbonyl (C=O) groups is 1. The molecule has 4 aromatic rings. The highest BCUT2D eigenvalue weighted by Crippen LogP contribution is 2.26. The van der Waals surface area contributed by atoms with Crippen LogP contribution in [0.2, 0.25) is 0 Å². The van der Waals surface area contributed by atoms with Crippen molar-refractivity contribution in [3.8, 4) is 0 Å². The molecule has 5 nitrogen and oxygen atoms in total. The molecule has 0 heterocycles. The van der Waals surface area contributed by atoms with Crippen molar-refractivity contribution in [3.63, 3.8) is 0 Å². The molecule has 0 radical (unpaired) electrons. The van der Waals surface area contributed by atoms with E-state index in [0.717, 1.165) is 16.7 Å². The number of rotatable bonds is 8. The summed E-state index contributed by atoms with van der Waals surface area (Å²) >= 11 is 0. The molecule has 0 aliphatic rings. The van der Waals surface area contributed by atoms with E-state index >= 15 is 0 Å². The van der Waals surface area contributed by atoms with E-state index in [0.29, 0.717) is 11.3 Å². The molecule has 4 aromatic carbocycles. The molecule has 1 amide bonds. The Morgan fingerprint density at radius 2 is 1.44 bits per heavy atom. The summed E-state index contributed by atoms with van der Waals surface area (Å²) in [4.78, 5) is 13.1. The minimum Gasteiger partial charge on any atom is -0.346 e. The van der Waals surface area contributed by atoms with Crippen molar-refractivity contribution in [1.29, 1.82) is 0 Å². The average molecular weight is 499 g/mol. The Morgan fingerprint density at radius 3 is 2.06 bits per heavy atom. The first-order chi connectivity index (χ1) is 17.3. The van der Waals surface area contributed by atoms with Crippen molar-refractivity contribution in [2.75, 3.05) is 4.31 Å². The maximum absolute atomic E-state index is 13.5. The smallest absolute Gasteiger partial charge is 0.264 e. The van der Waals surface area contributed by atoms with Crippen LogP contribution in [0, 0.1) is 13.8 Å². The molecule has 184 valence electrons. The van der Waals surface area contributed by atoms with Gasteiger partial charge < -0.3 is 5.32 Å². The minimum atomic E-state index is -3.78. The van der Waals surface area contributed by atoms with Gasteiger partial charge in [-0.2, -0.15) is 0 Å². The molecule has 0 aliphatic heterocycles. The highest BCUT2D eigenvalue weighted by molar-refractivity contribution is 7.92. The molecule has 0 saturated carbocycles. The zero-order chi connectivity index (χ0) is 25.7. The van der Waals surface area contributed by atoms with Gasteiger partial charge in [-0.3, -0.25) is 9.10 Å². The Labute approximate surface area is 213 Å². The van der Waals surface area contributed by atoms with E-state index in [4.69, 9.17) is 0 Å². The van der Waals surface area contributed by atoms with Crippen molar-refractivity contribution in [2.24, 2.45) is 0 Å². The first-order valence-corrected chi connectivity index (χ1v) is 13.3. The minimum absolute atomic E-state index is 0.137. The van der Waals surface area contributed by atoms with Crippen LogP contribution < -0.4 is 9.62 Å². The van der Waals surface area contributed by atoms with Gasteiger partial charge in [0.25, 0.3) is 15.9 Å². The fourth-order valence-corrected chi connectivity index (χ4v) is 5.70. The molecule has 1 atom stereocenters. The van der Waals surface area contributed by atoms with Crippen molar-refractivity contribution >= 4 is 21.6 Å². The average Bonchev–Trinajstić information content (AvgIpc) is 2.88. The van der Waals surface area contributed by atoms with Crippen LogP contribution in [-0.4, -0.2) is 14.3 Å². The molecule has 6 heteroatoms. The van der Waals surface area contributed by atoms with E-state index in [1.807, 2.05) is 51.1 Å². The topological polar surface area (TPSA) is 66.5 Å². The number of carbonyl (C=O) groups excluding carboxylic acids is 1. The van der Waals surface area contributed by atoms with Gasteiger partial charge in [0.2, 0.25) is 0 Å². The molecule has 1 N–H and O–H groups in total. The van der Waals surface area contributed by atoms with E-state index in [2.05, 4.69) is 11.4 Å². The summed E-state index contributed by atoms with van der Waals surface area (Å²) in [7, 11) is -3.78. The number of aryl methyl sites for hydroxylation is 2. The summed E-state index contributed by atoms with van der Waals surface area (Å²) in [5, 5.41) is 3.06. The number of amides is 1. The molecule has 0 fully saturated rings. The largest absolute Gasteiger partial charge is 0.346 e. The van der Waals surface area contributed by atoms with E-state index in [9.17, 15) is 13.2 Å². The summed E-state index contributed by atoms with van der Waals surface area (Å²) in [5.41, 5.74) is 5.27. The van der Waals surface area contributed by atoms with Crippen LogP contribution in [0.15, 0.2) is 108 Å². The zero-order valence-electron chi connectivity index (χ0n) is 20.7. The monoisotopic (exact) mass is 498 g/mol. The van der Waals surface area contributed by atoms with Crippen molar-refractivity contribution in [2.45, 2.75) is 38.3 Å². The zero-order valence-corrected chi connectivity index (χ0v) is 21.5. The van der Waals surface area contributed by atoms with Crippen LogP contribution in [0.5, 0.6) is 0 Å². The summed E-state index contributed by atoms with van der Waals surface area (Å²) in [5.74, 6) is -0.175. The third-order valence-electron chi connectivity index (χ3n) is 6.16. The number of nitrogens with zero attached hydrogens (tertiary/aromatic N) is 1. The van der Waals surface area contributed by atoms with Crippen molar-refractivity contribution < 1.29 is 13.2 Å². The molecule has 4 rings (SSSR count). The summed E-state index contributed by atoms with van der Waals surface area (Å²) < 4.78 is 28.3. The lowest BCUT2D eigenvalue weighted by Crippen LogP contribution is -2.30. The second kappa shape index (κ2) is 10.8. The van der Waals surface area contributed by atoms with Crippen molar-refractivity contribution in [3.05, 3.63) is 131 Å². The maximum atomic E-state index is 13.5. The Morgan fingerprint density at radius 1 is 0.833 bits per heavy atom. The lowest BCUT2D eigenvalue weighted by Gasteiger charge is -2.25. The molecule has 0 spiro atoms. The normalized spacial score (nSPS) is 12.1. The summed E-state index contributed by atoms with van der Waals surface area (Å²) in [6, 6.07) is 30.5. The molecule has 36 heavy (non-hydrogen) atoms. The Bertz CT molecular complexity index is 1440. The maximum Gasteiger partial charge on any atom is 0.264 e. The van der Waals surface area contributed by atoms with E-state index < -0.39 is 10.0 Å². The van der Waals surface area contributed by atoms with E-state index in [1.54, 1.807) is 66.7 Å². The Kier molecular flexibility index (Phi) is 7.55. The van der Waals surface area contributed by atoms with Crippen LogP contribution in [0.4, 0.5) is 5.69 Å². The summed E-state index contributed by atoms with van der Waals surface area (Å²) in [6.45, 7) is 6.20. The fourth-order valence-electron chi connectivity index (χ4n) is 4.23. The van der Waals surface area contributed by atoms with Gasteiger partial charge in [-0.05, 0) is 73.9 Å². The number of hydrogen-bond acceptors (Lipinski definition) is 3. The van der Waals surface area contributed by atoms with Crippen LogP contribution in [0.1, 0.15) is 45.6 Å². The molecule has 0 bridgehead atoms. The van der Waals surface area contributed by atoms with Gasteiger partial charge in [0.1, 0.15) is 0 Å². The number of sulfonamides is 1. The van der Waals surface area contributed by atoms with Gasteiger partial charge in [-0.1, -0.05) is 72.3 Å². The van der Waals surface area contributed by atoms with E-state index in [-0.39, 0.29) is 23.4 Å². The third-order valence-corrected chi connectivity index (χ3v) is 7.95. The van der Waals surface area contributed by atoms with Crippen LogP contribution >= 0.6 is 0 Å².